The van der Waals surface area contributed by atoms with E-state index < -0.39 is 10.0 Å². The molecule has 2 aromatic rings. The Bertz CT molecular complexity index is 1110. The maximum Gasteiger partial charge on any atom is 0.243 e. The molecule has 1 aliphatic carbocycles. The summed E-state index contributed by atoms with van der Waals surface area (Å²) in [6, 6.07) is 6.50. The zero-order valence-electron chi connectivity index (χ0n) is 18.8. The van der Waals surface area contributed by atoms with Crippen LogP contribution >= 0.6 is 27.3 Å². The molecule has 4 rings (SSSR count). The third-order valence-electron chi connectivity index (χ3n) is 6.25. The number of rotatable bonds is 7. The molecule has 1 aromatic heterocycles. The Morgan fingerprint density at radius 3 is 2.35 bits per heavy atom. The molecule has 0 spiro atoms. The molecule has 1 aromatic carbocycles. The van der Waals surface area contributed by atoms with Gasteiger partial charge in [0.15, 0.2) is 0 Å². The van der Waals surface area contributed by atoms with E-state index in [4.69, 9.17) is 0 Å². The van der Waals surface area contributed by atoms with Crippen LogP contribution in [-0.4, -0.2) is 65.8 Å². The molecule has 1 saturated heterocycles. The molecule has 0 atom stereocenters. The number of amides is 2. The maximum atomic E-state index is 12.8. The van der Waals surface area contributed by atoms with Gasteiger partial charge >= 0.3 is 0 Å². The summed E-state index contributed by atoms with van der Waals surface area (Å²) >= 11 is 4.72. The van der Waals surface area contributed by atoms with Crippen LogP contribution in [0.3, 0.4) is 0 Å². The van der Waals surface area contributed by atoms with Gasteiger partial charge in [0, 0.05) is 49.4 Å². The van der Waals surface area contributed by atoms with Gasteiger partial charge in [0.1, 0.15) is 5.01 Å². The van der Waals surface area contributed by atoms with Crippen LogP contribution in [0.4, 0.5) is 5.13 Å². The molecule has 1 saturated carbocycles. The molecular formula is C22H28BrN5O4S2. The number of hydrogen-bond donors (Lipinski definition) is 1. The SMILES string of the molecule is O=C(CCC(=O)N1CCN(S(=O)(=O)c2ccc(Br)cc2)CC1)Nc1nnc(C2CCCCC2)s1. The minimum absolute atomic E-state index is 0.0502. The molecule has 0 unspecified atom stereocenters. The van der Waals surface area contributed by atoms with Crippen molar-refractivity contribution < 1.29 is 18.0 Å². The second-order valence-corrected chi connectivity index (χ2v) is 12.4. The fraction of sp³-hybridized carbons (Fsp3) is 0.545. The van der Waals surface area contributed by atoms with Crippen LogP contribution in [0.15, 0.2) is 33.6 Å². The number of piperazine rings is 1. The Morgan fingerprint density at radius 2 is 1.68 bits per heavy atom. The molecule has 0 bridgehead atoms. The summed E-state index contributed by atoms with van der Waals surface area (Å²) in [6.45, 7) is 1.06. The zero-order chi connectivity index (χ0) is 24.1. The Balaban J connectivity index is 1.21. The summed E-state index contributed by atoms with van der Waals surface area (Å²) in [4.78, 5) is 26.7. The summed E-state index contributed by atoms with van der Waals surface area (Å²) in [5, 5.41) is 12.5. The summed E-state index contributed by atoms with van der Waals surface area (Å²) in [5.41, 5.74) is 0. The molecule has 0 radical (unpaired) electrons. The first-order chi connectivity index (χ1) is 16.3. The fourth-order valence-corrected chi connectivity index (χ4v) is 6.91. The highest BCUT2D eigenvalue weighted by atomic mass is 79.9. The number of carbonyl (C=O) groups is 2. The Kier molecular flexibility index (Phi) is 8.33. The number of halogens is 1. The lowest BCUT2D eigenvalue weighted by atomic mass is 9.90. The van der Waals surface area contributed by atoms with E-state index in [0.29, 0.717) is 24.1 Å². The van der Waals surface area contributed by atoms with Crippen LogP contribution in [0.25, 0.3) is 0 Å². The van der Waals surface area contributed by atoms with Gasteiger partial charge in [-0.1, -0.05) is 46.5 Å². The molecule has 9 nitrogen and oxygen atoms in total. The first-order valence-corrected chi connectivity index (χ1v) is 14.5. The molecule has 34 heavy (non-hydrogen) atoms. The van der Waals surface area contributed by atoms with Crippen molar-refractivity contribution in [1.29, 1.82) is 0 Å². The van der Waals surface area contributed by atoms with Crippen LogP contribution in [0.2, 0.25) is 0 Å². The minimum atomic E-state index is -3.60. The molecule has 12 heteroatoms. The lowest BCUT2D eigenvalue weighted by Crippen LogP contribution is -2.50. The van der Waals surface area contributed by atoms with E-state index in [1.54, 1.807) is 29.2 Å². The predicted octanol–water partition coefficient (Wildman–Crippen LogP) is 3.60. The van der Waals surface area contributed by atoms with Gasteiger partial charge in [-0.3, -0.25) is 9.59 Å². The molecule has 2 aliphatic rings. The summed E-state index contributed by atoms with van der Waals surface area (Å²) in [7, 11) is -3.60. The van der Waals surface area contributed by atoms with Gasteiger partial charge in [0.05, 0.1) is 4.90 Å². The molecule has 184 valence electrons. The van der Waals surface area contributed by atoms with Crippen molar-refractivity contribution in [3.05, 3.63) is 33.7 Å². The number of carbonyl (C=O) groups excluding carboxylic acids is 2. The van der Waals surface area contributed by atoms with E-state index in [-0.39, 0.29) is 42.6 Å². The smallest absolute Gasteiger partial charge is 0.243 e. The second kappa shape index (κ2) is 11.2. The van der Waals surface area contributed by atoms with Crippen molar-refractivity contribution in [1.82, 2.24) is 19.4 Å². The Morgan fingerprint density at radius 1 is 1.00 bits per heavy atom. The Labute approximate surface area is 212 Å². The average Bonchev–Trinajstić information content (AvgIpc) is 3.32. The highest BCUT2D eigenvalue weighted by Gasteiger charge is 2.30. The average molecular weight is 571 g/mol. The van der Waals surface area contributed by atoms with Crippen LogP contribution in [-0.2, 0) is 19.6 Å². The topological polar surface area (TPSA) is 113 Å². The molecule has 1 aliphatic heterocycles. The molecule has 1 N–H and O–H groups in total. The van der Waals surface area contributed by atoms with Gasteiger partial charge in [-0.25, -0.2) is 8.42 Å². The number of benzene rings is 1. The lowest BCUT2D eigenvalue weighted by Gasteiger charge is -2.34. The van der Waals surface area contributed by atoms with E-state index in [1.165, 1.54) is 34.9 Å². The third-order valence-corrected chi connectivity index (χ3v) is 9.69. The van der Waals surface area contributed by atoms with E-state index >= 15 is 0 Å². The van der Waals surface area contributed by atoms with E-state index in [1.807, 2.05) is 0 Å². The van der Waals surface area contributed by atoms with Crippen LogP contribution in [0, 0.1) is 0 Å². The molecule has 2 amide bonds. The van der Waals surface area contributed by atoms with Crippen molar-refractivity contribution >= 4 is 54.2 Å². The van der Waals surface area contributed by atoms with Gasteiger partial charge in [-0.05, 0) is 37.1 Å². The minimum Gasteiger partial charge on any atom is -0.340 e. The number of nitrogens with one attached hydrogen (secondary N) is 1. The number of nitrogens with zero attached hydrogens (tertiary/aromatic N) is 4. The van der Waals surface area contributed by atoms with Crippen molar-refractivity contribution in [2.24, 2.45) is 0 Å². The van der Waals surface area contributed by atoms with Gasteiger partial charge in [0.25, 0.3) is 0 Å². The first-order valence-electron chi connectivity index (χ1n) is 11.5. The van der Waals surface area contributed by atoms with Gasteiger partial charge in [-0.2, -0.15) is 4.31 Å². The number of aromatic nitrogens is 2. The lowest BCUT2D eigenvalue weighted by molar-refractivity contribution is -0.133. The standard InChI is InChI=1S/C22H28BrN5O4S2/c23-17-6-8-18(9-7-17)34(31,32)28-14-12-27(13-15-28)20(30)11-10-19(29)24-22-26-25-21(33-22)16-4-2-1-3-5-16/h6-9,16H,1-5,10-15H2,(H,24,26,29). The molecule has 2 heterocycles. The highest BCUT2D eigenvalue weighted by molar-refractivity contribution is 9.10. The highest BCUT2D eigenvalue weighted by Crippen LogP contribution is 2.35. The predicted molar refractivity (Wildman–Crippen MR) is 133 cm³/mol. The number of sulfonamides is 1. The van der Waals surface area contributed by atoms with Crippen LogP contribution in [0.1, 0.15) is 55.9 Å². The van der Waals surface area contributed by atoms with Gasteiger partial charge in [0.2, 0.25) is 27.0 Å². The van der Waals surface area contributed by atoms with E-state index in [0.717, 1.165) is 22.3 Å². The fourth-order valence-electron chi connectivity index (χ4n) is 4.29. The van der Waals surface area contributed by atoms with Crippen molar-refractivity contribution in [3.8, 4) is 0 Å². The first kappa shape index (κ1) is 25.2. The van der Waals surface area contributed by atoms with Crippen molar-refractivity contribution in [2.45, 2.75) is 55.8 Å². The zero-order valence-corrected chi connectivity index (χ0v) is 22.0. The normalized spacial score (nSPS) is 18.1. The number of anilines is 1. The van der Waals surface area contributed by atoms with Crippen LogP contribution < -0.4 is 5.32 Å². The van der Waals surface area contributed by atoms with Gasteiger partial charge < -0.3 is 10.2 Å². The summed E-state index contributed by atoms with van der Waals surface area (Å²) in [6.07, 6.45) is 6.04. The van der Waals surface area contributed by atoms with Crippen LogP contribution in [0.5, 0.6) is 0 Å². The molecule has 2 fully saturated rings. The number of hydrogen-bond acceptors (Lipinski definition) is 7. The maximum absolute atomic E-state index is 12.8. The summed E-state index contributed by atoms with van der Waals surface area (Å²) < 4.78 is 27.8. The molecular weight excluding hydrogens is 542 g/mol. The Hall–Kier alpha value is -1.89. The second-order valence-electron chi connectivity index (χ2n) is 8.57. The third kappa shape index (κ3) is 6.21. The summed E-state index contributed by atoms with van der Waals surface area (Å²) in [5.74, 6) is 0.0110. The van der Waals surface area contributed by atoms with E-state index in [9.17, 15) is 18.0 Å². The van der Waals surface area contributed by atoms with Crippen molar-refractivity contribution in [2.75, 3.05) is 31.5 Å². The quantitative estimate of drug-likeness (QED) is 0.545. The largest absolute Gasteiger partial charge is 0.340 e. The van der Waals surface area contributed by atoms with Crippen molar-refractivity contribution in [3.63, 3.8) is 0 Å². The van der Waals surface area contributed by atoms with Gasteiger partial charge in [-0.15, -0.1) is 10.2 Å². The van der Waals surface area contributed by atoms with E-state index in [2.05, 4.69) is 31.4 Å². The monoisotopic (exact) mass is 569 g/mol.